The molecule has 152 valence electrons. The number of benzene rings is 1. The third-order valence-corrected chi connectivity index (χ3v) is 5.79. The van der Waals surface area contributed by atoms with E-state index in [4.69, 9.17) is 16.3 Å². The van der Waals surface area contributed by atoms with Crippen molar-refractivity contribution >= 4 is 23.2 Å². The molecule has 1 aliphatic rings. The molecule has 4 rings (SSSR count). The van der Waals surface area contributed by atoms with E-state index in [1.54, 1.807) is 22.7 Å². The maximum absolute atomic E-state index is 12.9. The van der Waals surface area contributed by atoms with Crippen LogP contribution in [-0.4, -0.2) is 28.5 Å². The van der Waals surface area contributed by atoms with Crippen molar-refractivity contribution in [2.45, 2.75) is 39.2 Å². The minimum absolute atomic E-state index is 0.122. The van der Waals surface area contributed by atoms with Gasteiger partial charge >= 0.3 is 0 Å². The number of fused-ring (bicyclic) bond motifs is 1. The predicted molar refractivity (Wildman–Crippen MR) is 114 cm³/mol. The van der Waals surface area contributed by atoms with E-state index in [1.807, 2.05) is 6.92 Å². The Bertz CT molecular complexity index is 991. The fourth-order valence-electron chi connectivity index (χ4n) is 3.90. The number of rotatable bonds is 6. The molecule has 6 heteroatoms. The summed E-state index contributed by atoms with van der Waals surface area (Å²) in [6.45, 7) is 4.24. The van der Waals surface area contributed by atoms with Gasteiger partial charge in [0.15, 0.2) is 0 Å². The second-order valence-corrected chi connectivity index (χ2v) is 8.03. The number of aromatic nitrogens is 2. The van der Waals surface area contributed by atoms with Crippen LogP contribution in [0.1, 0.15) is 47.1 Å². The second-order valence-electron chi connectivity index (χ2n) is 7.59. The van der Waals surface area contributed by atoms with Crippen molar-refractivity contribution in [3.8, 4) is 0 Å². The largest absolute Gasteiger partial charge is 0.381 e. The monoisotopic (exact) mass is 411 g/mol. The molecule has 0 spiro atoms. The maximum Gasteiger partial charge on any atom is 0.270 e. The Morgan fingerprint density at radius 1 is 1.21 bits per heavy atom. The summed E-state index contributed by atoms with van der Waals surface area (Å²) in [5.41, 5.74) is 4.48. The molecular weight excluding hydrogens is 386 g/mol. The van der Waals surface area contributed by atoms with Gasteiger partial charge in [-0.3, -0.25) is 9.20 Å². The number of ether oxygens (including phenoxy) is 1. The first kappa shape index (κ1) is 19.9. The standard InChI is InChI=1S/C23H26ClN3O2/c1-2-20-22(27-10-7-19(24)14-21(27)26-20)23(28)25-15-18-5-3-16(4-6-18)13-17-8-11-29-12-9-17/h3-7,10,14,17H,2,8-9,11-13,15H2,1H3,(H,25,28). The summed E-state index contributed by atoms with van der Waals surface area (Å²) in [6, 6.07) is 12.1. The van der Waals surface area contributed by atoms with E-state index in [2.05, 4.69) is 34.6 Å². The lowest BCUT2D eigenvalue weighted by Crippen LogP contribution is -2.25. The normalized spacial score (nSPS) is 15.0. The number of nitrogens with one attached hydrogen (secondary N) is 1. The minimum Gasteiger partial charge on any atom is -0.381 e. The van der Waals surface area contributed by atoms with Gasteiger partial charge in [-0.15, -0.1) is 0 Å². The summed E-state index contributed by atoms with van der Waals surface area (Å²) >= 11 is 6.06. The van der Waals surface area contributed by atoms with Gasteiger partial charge in [-0.05, 0) is 48.8 Å². The third kappa shape index (κ3) is 4.62. The van der Waals surface area contributed by atoms with Crippen molar-refractivity contribution in [1.29, 1.82) is 0 Å². The highest BCUT2D eigenvalue weighted by atomic mass is 35.5. The average Bonchev–Trinajstić information content (AvgIpc) is 3.11. The fourth-order valence-corrected chi connectivity index (χ4v) is 4.05. The Hall–Kier alpha value is -2.37. The zero-order valence-electron chi connectivity index (χ0n) is 16.7. The topological polar surface area (TPSA) is 55.6 Å². The minimum atomic E-state index is -0.122. The van der Waals surface area contributed by atoms with Gasteiger partial charge in [0.1, 0.15) is 11.3 Å². The van der Waals surface area contributed by atoms with Gasteiger partial charge in [0, 0.05) is 37.0 Å². The Kier molecular flexibility index (Phi) is 6.16. The number of amides is 1. The van der Waals surface area contributed by atoms with Crippen molar-refractivity contribution in [2.24, 2.45) is 5.92 Å². The molecule has 2 aromatic heterocycles. The number of halogens is 1. The quantitative estimate of drug-likeness (QED) is 0.652. The molecule has 0 radical (unpaired) electrons. The first-order valence-corrected chi connectivity index (χ1v) is 10.6. The highest BCUT2D eigenvalue weighted by Gasteiger charge is 2.18. The van der Waals surface area contributed by atoms with Crippen LogP contribution in [0.5, 0.6) is 0 Å². The number of pyridine rings is 1. The highest BCUT2D eigenvalue weighted by molar-refractivity contribution is 6.30. The van der Waals surface area contributed by atoms with Crippen LogP contribution in [0.3, 0.4) is 0 Å². The van der Waals surface area contributed by atoms with E-state index in [0.717, 1.165) is 43.7 Å². The van der Waals surface area contributed by atoms with Gasteiger partial charge in [0.2, 0.25) is 0 Å². The molecule has 0 aliphatic carbocycles. The lowest BCUT2D eigenvalue weighted by atomic mass is 9.92. The fraction of sp³-hybridized carbons (Fsp3) is 0.391. The number of hydrogen-bond acceptors (Lipinski definition) is 3. The van der Waals surface area contributed by atoms with Crippen LogP contribution < -0.4 is 5.32 Å². The Morgan fingerprint density at radius 2 is 1.93 bits per heavy atom. The van der Waals surface area contributed by atoms with Crippen LogP contribution in [0.4, 0.5) is 0 Å². The van der Waals surface area contributed by atoms with Gasteiger partial charge in [0.25, 0.3) is 5.91 Å². The number of imidazole rings is 1. The van der Waals surface area contributed by atoms with Crippen LogP contribution in [0.2, 0.25) is 5.02 Å². The zero-order chi connectivity index (χ0) is 20.2. The van der Waals surface area contributed by atoms with E-state index < -0.39 is 0 Å². The molecule has 0 bridgehead atoms. The van der Waals surface area contributed by atoms with Gasteiger partial charge in [-0.25, -0.2) is 4.98 Å². The molecule has 1 aliphatic heterocycles. The molecule has 1 aromatic carbocycles. The third-order valence-electron chi connectivity index (χ3n) is 5.55. The smallest absolute Gasteiger partial charge is 0.270 e. The first-order valence-electron chi connectivity index (χ1n) is 10.2. The molecule has 0 saturated carbocycles. The number of carbonyl (C=O) groups is 1. The summed E-state index contributed by atoms with van der Waals surface area (Å²) in [5, 5.41) is 3.64. The van der Waals surface area contributed by atoms with Crippen LogP contribution in [0, 0.1) is 5.92 Å². The molecule has 29 heavy (non-hydrogen) atoms. The molecule has 3 heterocycles. The number of nitrogens with zero attached hydrogens (tertiary/aromatic N) is 2. The second kappa shape index (κ2) is 8.97. The lowest BCUT2D eigenvalue weighted by Gasteiger charge is -2.22. The summed E-state index contributed by atoms with van der Waals surface area (Å²) in [4.78, 5) is 17.4. The van der Waals surface area contributed by atoms with Crippen LogP contribution >= 0.6 is 11.6 Å². The van der Waals surface area contributed by atoms with E-state index in [0.29, 0.717) is 35.2 Å². The summed E-state index contributed by atoms with van der Waals surface area (Å²) in [5.74, 6) is 0.591. The molecule has 1 N–H and O–H groups in total. The highest BCUT2D eigenvalue weighted by Crippen LogP contribution is 2.21. The van der Waals surface area contributed by atoms with E-state index in [1.165, 1.54) is 5.56 Å². The zero-order valence-corrected chi connectivity index (χ0v) is 17.4. The molecule has 3 aromatic rings. The molecule has 5 nitrogen and oxygen atoms in total. The van der Waals surface area contributed by atoms with Crippen molar-refractivity contribution in [3.63, 3.8) is 0 Å². The average molecular weight is 412 g/mol. The maximum atomic E-state index is 12.9. The summed E-state index contributed by atoms with van der Waals surface area (Å²) in [6.07, 6.45) is 5.86. The van der Waals surface area contributed by atoms with Crippen molar-refractivity contribution in [3.05, 3.63) is 70.1 Å². The molecule has 1 amide bonds. The van der Waals surface area contributed by atoms with E-state index in [9.17, 15) is 4.79 Å². The number of carbonyl (C=O) groups excluding carboxylic acids is 1. The predicted octanol–water partition coefficient (Wildman–Crippen LogP) is 4.45. The molecule has 1 fully saturated rings. The van der Waals surface area contributed by atoms with Crippen molar-refractivity contribution in [2.75, 3.05) is 13.2 Å². The molecule has 0 unspecified atom stereocenters. The van der Waals surface area contributed by atoms with Crippen LogP contribution in [0.25, 0.3) is 5.65 Å². The van der Waals surface area contributed by atoms with Gasteiger partial charge < -0.3 is 10.1 Å². The Labute approximate surface area is 176 Å². The molecular formula is C23H26ClN3O2. The SMILES string of the molecule is CCc1nc2cc(Cl)ccn2c1C(=O)NCc1ccc(CC2CCOCC2)cc1. The number of hydrogen-bond donors (Lipinski definition) is 1. The molecule has 1 saturated heterocycles. The molecule has 0 atom stereocenters. The van der Waals surface area contributed by atoms with Crippen LogP contribution in [0.15, 0.2) is 42.6 Å². The number of aryl methyl sites for hydroxylation is 1. The Morgan fingerprint density at radius 3 is 2.66 bits per heavy atom. The first-order chi connectivity index (χ1) is 14.1. The van der Waals surface area contributed by atoms with Crippen molar-refractivity contribution < 1.29 is 9.53 Å². The van der Waals surface area contributed by atoms with Gasteiger partial charge in [-0.2, -0.15) is 0 Å². The van der Waals surface area contributed by atoms with Crippen LogP contribution in [-0.2, 0) is 24.1 Å². The Balaban J connectivity index is 1.41. The summed E-state index contributed by atoms with van der Waals surface area (Å²) in [7, 11) is 0. The van der Waals surface area contributed by atoms with Crippen molar-refractivity contribution in [1.82, 2.24) is 14.7 Å². The van der Waals surface area contributed by atoms with E-state index in [-0.39, 0.29) is 5.91 Å². The lowest BCUT2D eigenvalue weighted by molar-refractivity contribution is 0.0665. The van der Waals surface area contributed by atoms with Gasteiger partial charge in [-0.1, -0.05) is 42.8 Å². The summed E-state index contributed by atoms with van der Waals surface area (Å²) < 4.78 is 7.24. The van der Waals surface area contributed by atoms with E-state index >= 15 is 0 Å². The van der Waals surface area contributed by atoms with Gasteiger partial charge in [0.05, 0.1) is 5.69 Å².